The van der Waals surface area contributed by atoms with Crippen LogP contribution in [0.3, 0.4) is 0 Å². The molecule has 1 aromatic rings. The third-order valence-corrected chi connectivity index (χ3v) is 1.98. The quantitative estimate of drug-likeness (QED) is 0.468. The zero-order chi connectivity index (χ0) is 13.8. The summed E-state index contributed by atoms with van der Waals surface area (Å²) in [5, 5.41) is 2.84. The van der Waals surface area contributed by atoms with Gasteiger partial charge in [0.05, 0.1) is 0 Å². The van der Waals surface area contributed by atoms with Crippen molar-refractivity contribution in [3.8, 4) is 0 Å². The summed E-state index contributed by atoms with van der Waals surface area (Å²) >= 11 is 0. The van der Waals surface area contributed by atoms with E-state index in [1.807, 2.05) is 13.8 Å². The molecule has 9 heteroatoms. The van der Waals surface area contributed by atoms with E-state index < -0.39 is 12.7 Å². The Hall–Kier alpha value is -1.00. The molecule has 19 heavy (non-hydrogen) atoms. The van der Waals surface area contributed by atoms with Crippen molar-refractivity contribution in [3.05, 3.63) is 18.2 Å². The first-order valence-electron chi connectivity index (χ1n) is 5.41. The first-order chi connectivity index (χ1) is 8.28. The molecule has 0 amide bonds. The van der Waals surface area contributed by atoms with Gasteiger partial charge in [-0.1, -0.05) is 0 Å². The van der Waals surface area contributed by atoms with E-state index in [1.54, 1.807) is 0 Å². The van der Waals surface area contributed by atoms with Crippen molar-refractivity contribution in [2.24, 2.45) is 10.7 Å². The molecule has 0 saturated carbocycles. The summed E-state index contributed by atoms with van der Waals surface area (Å²) in [5.41, 5.74) is 5.55. The van der Waals surface area contributed by atoms with Crippen molar-refractivity contribution in [2.75, 3.05) is 0 Å². The van der Waals surface area contributed by atoms with E-state index in [4.69, 9.17) is 5.73 Å². The maximum atomic E-state index is 12.2. The Labute approximate surface area is 126 Å². The highest BCUT2D eigenvalue weighted by Gasteiger charge is 2.28. The normalized spacial score (nSPS) is 12.4. The van der Waals surface area contributed by atoms with Crippen LogP contribution >= 0.6 is 24.0 Å². The average Bonchev–Trinajstić information content (AvgIpc) is 2.58. The molecular formula is C10H17F3IN5. The van der Waals surface area contributed by atoms with E-state index in [9.17, 15) is 13.2 Å². The van der Waals surface area contributed by atoms with E-state index in [0.29, 0.717) is 0 Å². The van der Waals surface area contributed by atoms with Crippen molar-refractivity contribution in [2.45, 2.75) is 39.2 Å². The predicted molar refractivity (Wildman–Crippen MR) is 77.3 cm³/mol. The number of aliphatic imine (C=N–C) groups is 1. The molecule has 110 valence electrons. The number of nitrogens with one attached hydrogen (secondary N) is 1. The summed E-state index contributed by atoms with van der Waals surface area (Å²) in [6, 6.07) is 0.115. The topological polar surface area (TPSA) is 68.2 Å². The fraction of sp³-hybridized carbons (Fsp3) is 0.600. The first kappa shape index (κ1) is 18.0. The van der Waals surface area contributed by atoms with Gasteiger partial charge in [-0.2, -0.15) is 13.2 Å². The molecule has 5 nitrogen and oxygen atoms in total. The van der Waals surface area contributed by atoms with Gasteiger partial charge in [0.1, 0.15) is 18.9 Å². The zero-order valence-corrected chi connectivity index (χ0v) is 12.9. The van der Waals surface area contributed by atoms with E-state index in [1.165, 1.54) is 12.4 Å². The molecule has 3 N–H and O–H groups in total. The van der Waals surface area contributed by atoms with E-state index in [-0.39, 0.29) is 48.3 Å². The zero-order valence-electron chi connectivity index (χ0n) is 10.6. The van der Waals surface area contributed by atoms with Crippen LogP contribution in [0, 0.1) is 0 Å². The Morgan fingerprint density at radius 3 is 2.68 bits per heavy atom. The second kappa shape index (κ2) is 7.56. The summed E-state index contributed by atoms with van der Waals surface area (Å²) in [4.78, 5) is 7.75. The molecular weight excluding hydrogens is 374 g/mol. The van der Waals surface area contributed by atoms with E-state index in [0.717, 1.165) is 4.57 Å². The van der Waals surface area contributed by atoms with Crippen LogP contribution in [0.15, 0.2) is 17.4 Å². The van der Waals surface area contributed by atoms with Crippen LogP contribution in [-0.2, 0) is 13.1 Å². The molecule has 0 aliphatic carbocycles. The maximum absolute atomic E-state index is 12.2. The highest BCUT2D eigenvalue weighted by atomic mass is 127. The SMILES string of the molecule is CC(C)NC(N)=NCc1nccn1CC(F)(F)F.I. The largest absolute Gasteiger partial charge is 0.406 e. The van der Waals surface area contributed by atoms with Crippen molar-refractivity contribution < 1.29 is 13.2 Å². The number of rotatable bonds is 4. The molecule has 0 atom stereocenters. The summed E-state index contributed by atoms with van der Waals surface area (Å²) in [6.45, 7) is 2.70. The number of guanidine groups is 1. The Bertz CT molecular complexity index is 414. The summed E-state index contributed by atoms with van der Waals surface area (Å²) < 4.78 is 37.8. The highest BCUT2D eigenvalue weighted by molar-refractivity contribution is 14.0. The lowest BCUT2D eigenvalue weighted by molar-refractivity contribution is -0.141. The van der Waals surface area contributed by atoms with Gasteiger partial charge in [0.25, 0.3) is 0 Å². The van der Waals surface area contributed by atoms with Crippen LogP contribution < -0.4 is 11.1 Å². The van der Waals surface area contributed by atoms with Gasteiger partial charge >= 0.3 is 6.18 Å². The van der Waals surface area contributed by atoms with Crippen molar-refractivity contribution in [1.82, 2.24) is 14.9 Å². The first-order valence-corrected chi connectivity index (χ1v) is 5.41. The molecule has 1 rings (SSSR count). The van der Waals surface area contributed by atoms with Gasteiger partial charge in [-0.25, -0.2) is 9.98 Å². The number of nitrogens with zero attached hydrogens (tertiary/aromatic N) is 3. The smallest absolute Gasteiger partial charge is 0.370 e. The fourth-order valence-corrected chi connectivity index (χ4v) is 1.33. The molecule has 1 heterocycles. The second-order valence-corrected chi connectivity index (χ2v) is 4.09. The van der Waals surface area contributed by atoms with Crippen LogP contribution in [0.5, 0.6) is 0 Å². The van der Waals surface area contributed by atoms with Crippen LogP contribution in [0.4, 0.5) is 13.2 Å². The summed E-state index contributed by atoms with van der Waals surface area (Å²) in [7, 11) is 0. The monoisotopic (exact) mass is 391 g/mol. The van der Waals surface area contributed by atoms with Crippen LogP contribution in [0.1, 0.15) is 19.7 Å². The van der Waals surface area contributed by atoms with E-state index in [2.05, 4.69) is 15.3 Å². The number of alkyl halides is 3. The average molecular weight is 391 g/mol. The van der Waals surface area contributed by atoms with Crippen molar-refractivity contribution >= 4 is 29.9 Å². The molecule has 0 radical (unpaired) electrons. The van der Waals surface area contributed by atoms with Crippen molar-refractivity contribution in [1.29, 1.82) is 0 Å². The lowest BCUT2D eigenvalue weighted by Gasteiger charge is -2.10. The molecule has 0 aromatic carbocycles. The van der Waals surface area contributed by atoms with Crippen LogP contribution in [0.25, 0.3) is 0 Å². The van der Waals surface area contributed by atoms with Gasteiger partial charge in [-0.05, 0) is 13.8 Å². The Morgan fingerprint density at radius 1 is 1.53 bits per heavy atom. The lowest BCUT2D eigenvalue weighted by Crippen LogP contribution is -2.36. The lowest BCUT2D eigenvalue weighted by atomic mass is 10.4. The molecule has 0 aliphatic heterocycles. The van der Waals surface area contributed by atoms with Gasteiger partial charge in [0.2, 0.25) is 0 Å². The third kappa shape index (κ3) is 7.23. The molecule has 0 unspecified atom stereocenters. The number of hydrogen-bond acceptors (Lipinski definition) is 2. The maximum Gasteiger partial charge on any atom is 0.406 e. The third-order valence-electron chi connectivity index (χ3n) is 1.98. The summed E-state index contributed by atoms with van der Waals surface area (Å²) in [6.07, 6.45) is -1.70. The van der Waals surface area contributed by atoms with Crippen molar-refractivity contribution in [3.63, 3.8) is 0 Å². The van der Waals surface area contributed by atoms with Gasteiger partial charge in [0, 0.05) is 18.4 Å². The van der Waals surface area contributed by atoms with Gasteiger partial charge < -0.3 is 15.6 Å². The molecule has 0 bridgehead atoms. The highest BCUT2D eigenvalue weighted by Crippen LogP contribution is 2.18. The predicted octanol–water partition coefficient (Wildman–Crippen LogP) is 1.88. The minimum atomic E-state index is -4.28. The standard InChI is InChI=1S/C10H16F3N5.HI/c1-7(2)17-9(14)16-5-8-15-3-4-18(8)6-10(11,12)13;/h3-4,7H,5-6H2,1-2H3,(H3,14,16,17);1H. The number of hydrogen-bond donors (Lipinski definition) is 2. The van der Waals surface area contributed by atoms with Gasteiger partial charge in [-0.3, -0.25) is 0 Å². The Morgan fingerprint density at radius 2 is 2.16 bits per heavy atom. The molecule has 1 aromatic heterocycles. The minimum absolute atomic E-state index is 0. The van der Waals surface area contributed by atoms with Crippen LogP contribution in [0.2, 0.25) is 0 Å². The number of aromatic nitrogens is 2. The Kier molecular flexibility index (Phi) is 7.16. The molecule has 0 fully saturated rings. The fourth-order valence-electron chi connectivity index (χ4n) is 1.33. The number of imidazole rings is 1. The van der Waals surface area contributed by atoms with E-state index >= 15 is 0 Å². The molecule has 0 aliphatic rings. The Balaban J connectivity index is 0.00000324. The molecule has 0 saturated heterocycles. The molecule has 0 spiro atoms. The number of halogens is 4. The minimum Gasteiger partial charge on any atom is -0.370 e. The van der Waals surface area contributed by atoms with Crippen LogP contribution in [-0.4, -0.2) is 27.7 Å². The van der Waals surface area contributed by atoms with Gasteiger partial charge in [-0.15, -0.1) is 24.0 Å². The second-order valence-electron chi connectivity index (χ2n) is 4.09. The number of nitrogens with two attached hydrogens (primary N) is 1. The summed E-state index contributed by atoms with van der Waals surface area (Å²) in [5.74, 6) is 0.410. The van der Waals surface area contributed by atoms with Gasteiger partial charge in [0.15, 0.2) is 5.96 Å².